The number of nitrogens with zero attached hydrogens (tertiary/aromatic N) is 4. The molecule has 7 heteroatoms. The highest BCUT2D eigenvalue weighted by Gasteiger charge is 2.26. The molecule has 3 heterocycles. The molecule has 0 aliphatic carbocycles. The molecule has 27 heavy (non-hydrogen) atoms. The Labute approximate surface area is 162 Å². The van der Waals surface area contributed by atoms with Gasteiger partial charge in [-0.2, -0.15) is 0 Å². The number of fused-ring (bicyclic) bond motifs is 1. The van der Waals surface area contributed by atoms with Crippen LogP contribution in [-0.4, -0.2) is 45.6 Å². The Morgan fingerprint density at radius 1 is 1.22 bits per heavy atom. The van der Waals surface area contributed by atoms with E-state index in [4.69, 9.17) is 4.98 Å². The van der Waals surface area contributed by atoms with Crippen LogP contribution in [-0.2, 0) is 6.54 Å². The second-order valence-corrected chi connectivity index (χ2v) is 7.75. The standard InChI is InChI=1S/C20H25N5OS/c1-2-16(24-11-6-9-21-10-12-24)18-23-19-17(22-14-27-19)20(26)25(18)13-15-7-4-3-5-8-15/h3-5,7-8,14,16,21H,2,6,9-13H2,1H3. The predicted octanol–water partition coefficient (Wildman–Crippen LogP) is 2.65. The van der Waals surface area contributed by atoms with E-state index in [9.17, 15) is 4.79 Å². The van der Waals surface area contributed by atoms with E-state index in [1.807, 2.05) is 22.8 Å². The molecule has 3 aromatic rings. The van der Waals surface area contributed by atoms with E-state index in [0.29, 0.717) is 12.1 Å². The van der Waals surface area contributed by atoms with Gasteiger partial charge in [-0.15, -0.1) is 11.3 Å². The van der Waals surface area contributed by atoms with Gasteiger partial charge in [0.15, 0.2) is 10.3 Å². The normalized spacial score (nSPS) is 17.1. The molecule has 1 aromatic carbocycles. The topological polar surface area (TPSA) is 63.1 Å². The molecule has 1 N–H and O–H groups in total. The lowest BCUT2D eigenvalue weighted by Gasteiger charge is -2.30. The highest BCUT2D eigenvalue weighted by atomic mass is 32.1. The molecular formula is C20H25N5OS. The molecule has 6 nitrogen and oxygen atoms in total. The van der Waals surface area contributed by atoms with Crippen molar-refractivity contribution < 1.29 is 0 Å². The number of hydrogen-bond donors (Lipinski definition) is 1. The Balaban J connectivity index is 1.81. The van der Waals surface area contributed by atoms with Crippen LogP contribution in [0.25, 0.3) is 10.3 Å². The van der Waals surface area contributed by atoms with Gasteiger partial charge in [-0.25, -0.2) is 9.97 Å². The summed E-state index contributed by atoms with van der Waals surface area (Å²) < 4.78 is 1.84. The van der Waals surface area contributed by atoms with Crippen LogP contribution in [0, 0.1) is 0 Å². The lowest BCUT2D eigenvalue weighted by molar-refractivity contribution is 0.192. The molecule has 0 amide bonds. The molecule has 0 spiro atoms. The summed E-state index contributed by atoms with van der Waals surface area (Å²) in [7, 11) is 0. The third-order valence-electron chi connectivity index (χ3n) is 5.17. The first-order chi connectivity index (χ1) is 13.3. The van der Waals surface area contributed by atoms with E-state index in [-0.39, 0.29) is 11.6 Å². The third-order valence-corrected chi connectivity index (χ3v) is 5.89. The van der Waals surface area contributed by atoms with Crippen LogP contribution in [0.2, 0.25) is 0 Å². The van der Waals surface area contributed by atoms with Crippen molar-refractivity contribution in [3.05, 3.63) is 57.6 Å². The Kier molecular flexibility index (Phi) is 5.61. The van der Waals surface area contributed by atoms with E-state index in [0.717, 1.165) is 55.2 Å². The Bertz CT molecular complexity index is 944. The molecule has 1 unspecified atom stereocenters. The van der Waals surface area contributed by atoms with Gasteiger partial charge in [0.2, 0.25) is 0 Å². The fourth-order valence-corrected chi connectivity index (χ4v) is 4.47. The van der Waals surface area contributed by atoms with Gasteiger partial charge in [0, 0.05) is 19.6 Å². The lowest BCUT2D eigenvalue weighted by Crippen LogP contribution is -2.37. The van der Waals surface area contributed by atoms with Crippen molar-refractivity contribution >= 4 is 21.7 Å². The van der Waals surface area contributed by atoms with Crippen LogP contribution in [0.1, 0.15) is 37.2 Å². The first-order valence-electron chi connectivity index (χ1n) is 9.60. The zero-order valence-corrected chi connectivity index (χ0v) is 16.4. The van der Waals surface area contributed by atoms with Gasteiger partial charge < -0.3 is 5.32 Å². The van der Waals surface area contributed by atoms with Crippen molar-refractivity contribution in [2.75, 3.05) is 26.2 Å². The molecule has 1 fully saturated rings. The zero-order chi connectivity index (χ0) is 18.6. The van der Waals surface area contributed by atoms with Crippen LogP contribution in [0.4, 0.5) is 0 Å². The molecule has 1 aliphatic heterocycles. The Hall–Kier alpha value is -2.09. The van der Waals surface area contributed by atoms with E-state index >= 15 is 0 Å². The smallest absolute Gasteiger partial charge is 0.281 e. The van der Waals surface area contributed by atoms with Crippen molar-refractivity contribution in [3.63, 3.8) is 0 Å². The van der Waals surface area contributed by atoms with E-state index in [2.05, 4.69) is 34.3 Å². The van der Waals surface area contributed by atoms with Crippen LogP contribution in [0.3, 0.4) is 0 Å². The summed E-state index contributed by atoms with van der Waals surface area (Å²) in [6.45, 7) is 6.72. The fraction of sp³-hybridized carbons (Fsp3) is 0.450. The highest BCUT2D eigenvalue weighted by Crippen LogP contribution is 2.25. The Morgan fingerprint density at radius 3 is 2.89 bits per heavy atom. The molecule has 1 saturated heterocycles. The van der Waals surface area contributed by atoms with E-state index in [1.54, 1.807) is 5.51 Å². The summed E-state index contributed by atoms with van der Waals surface area (Å²) in [5.41, 5.74) is 3.26. The van der Waals surface area contributed by atoms with Gasteiger partial charge in [-0.3, -0.25) is 14.3 Å². The summed E-state index contributed by atoms with van der Waals surface area (Å²) in [5.74, 6) is 0.866. The summed E-state index contributed by atoms with van der Waals surface area (Å²) in [5, 5.41) is 3.46. The number of hydrogen-bond acceptors (Lipinski definition) is 6. The first-order valence-corrected chi connectivity index (χ1v) is 10.5. The zero-order valence-electron chi connectivity index (χ0n) is 15.6. The number of rotatable bonds is 5. The van der Waals surface area contributed by atoms with Crippen molar-refractivity contribution in [1.29, 1.82) is 0 Å². The van der Waals surface area contributed by atoms with Crippen molar-refractivity contribution in [1.82, 2.24) is 24.8 Å². The summed E-state index contributed by atoms with van der Waals surface area (Å²) >= 11 is 1.44. The Morgan fingerprint density at radius 2 is 2.07 bits per heavy atom. The monoisotopic (exact) mass is 383 g/mol. The number of nitrogens with one attached hydrogen (secondary N) is 1. The molecule has 142 valence electrons. The molecule has 0 saturated carbocycles. The van der Waals surface area contributed by atoms with Crippen molar-refractivity contribution in [2.24, 2.45) is 0 Å². The minimum Gasteiger partial charge on any atom is -0.315 e. The van der Waals surface area contributed by atoms with E-state index in [1.165, 1.54) is 11.3 Å². The summed E-state index contributed by atoms with van der Waals surface area (Å²) in [6, 6.07) is 10.2. The molecule has 1 aliphatic rings. The molecular weight excluding hydrogens is 358 g/mol. The van der Waals surface area contributed by atoms with Gasteiger partial charge in [0.25, 0.3) is 5.56 Å². The summed E-state index contributed by atoms with van der Waals surface area (Å²) in [6.07, 6.45) is 2.04. The maximum absolute atomic E-state index is 13.2. The van der Waals surface area contributed by atoms with Crippen molar-refractivity contribution in [2.45, 2.75) is 32.4 Å². The van der Waals surface area contributed by atoms with Gasteiger partial charge in [0.05, 0.1) is 18.1 Å². The van der Waals surface area contributed by atoms with Gasteiger partial charge in [-0.1, -0.05) is 37.3 Å². The number of benzene rings is 1. The summed E-state index contributed by atoms with van der Waals surface area (Å²) in [4.78, 5) is 25.6. The van der Waals surface area contributed by atoms with Crippen LogP contribution in [0.15, 0.2) is 40.6 Å². The average molecular weight is 384 g/mol. The minimum absolute atomic E-state index is 0.0356. The van der Waals surface area contributed by atoms with Gasteiger partial charge in [0.1, 0.15) is 5.82 Å². The SMILES string of the molecule is CCC(c1nc2scnc2c(=O)n1Cc1ccccc1)N1CCCNCC1. The number of aromatic nitrogens is 3. The fourth-order valence-electron chi connectivity index (χ4n) is 3.82. The van der Waals surface area contributed by atoms with Crippen molar-refractivity contribution in [3.8, 4) is 0 Å². The molecule has 2 aromatic heterocycles. The van der Waals surface area contributed by atoms with Crippen LogP contribution in [0.5, 0.6) is 0 Å². The third kappa shape index (κ3) is 3.81. The first kappa shape index (κ1) is 18.3. The maximum atomic E-state index is 13.2. The largest absolute Gasteiger partial charge is 0.315 e. The molecule has 0 bridgehead atoms. The van der Waals surface area contributed by atoms with Crippen LogP contribution >= 0.6 is 11.3 Å². The second kappa shape index (κ2) is 8.29. The van der Waals surface area contributed by atoms with Gasteiger partial charge >= 0.3 is 0 Å². The minimum atomic E-state index is -0.0356. The predicted molar refractivity (Wildman–Crippen MR) is 109 cm³/mol. The van der Waals surface area contributed by atoms with E-state index < -0.39 is 0 Å². The second-order valence-electron chi connectivity index (χ2n) is 6.92. The molecule has 0 radical (unpaired) electrons. The quantitative estimate of drug-likeness (QED) is 0.734. The number of thiazole rings is 1. The highest BCUT2D eigenvalue weighted by molar-refractivity contribution is 7.16. The molecule has 4 rings (SSSR count). The lowest BCUT2D eigenvalue weighted by atomic mass is 10.1. The molecule has 1 atom stereocenters. The average Bonchev–Trinajstić information content (AvgIpc) is 3.01. The van der Waals surface area contributed by atoms with Gasteiger partial charge in [-0.05, 0) is 24.9 Å². The maximum Gasteiger partial charge on any atom is 0.281 e. The van der Waals surface area contributed by atoms with Crippen LogP contribution < -0.4 is 10.9 Å².